The molecule has 0 radical (unpaired) electrons. The standard InChI is InChI=1S/C8H12N2S/c1-5-10-8-6(9)3-2-4-7(8)11-5/h6H,2-4,9H2,1H3/t6-/m1/s1. The Hall–Kier alpha value is -0.410. The van der Waals surface area contributed by atoms with E-state index in [1.165, 1.54) is 23.4 Å². The average Bonchev–Trinajstić information content (AvgIpc) is 2.31. The number of aromatic nitrogens is 1. The fourth-order valence-corrected chi connectivity index (χ4v) is 2.62. The van der Waals surface area contributed by atoms with E-state index in [1.54, 1.807) is 11.3 Å². The van der Waals surface area contributed by atoms with Crippen LogP contribution in [0.3, 0.4) is 0 Å². The van der Waals surface area contributed by atoms with E-state index < -0.39 is 0 Å². The highest BCUT2D eigenvalue weighted by molar-refractivity contribution is 7.11. The number of hydrogen-bond acceptors (Lipinski definition) is 3. The topological polar surface area (TPSA) is 38.9 Å². The van der Waals surface area contributed by atoms with Gasteiger partial charge in [0.05, 0.1) is 10.7 Å². The Balaban J connectivity index is 2.43. The smallest absolute Gasteiger partial charge is 0.0900 e. The van der Waals surface area contributed by atoms with Crippen molar-refractivity contribution in [2.45, 2.75) is 32.2 Å². The van der Waals surface area contributed by atoms with Gasteiger partial charge in [0.15, 0.2) is 0 Å². The van der Waals surface area contributed by atoms with E-state index in [4.69, 9.17) is 5.73 Å². The fourth-order valence-electron chi connectivity index (χ4n) is 1.57. The van der Waals surface area contributed by atoms with E-state index in [-0.39, 0.29) is 6.04 Å². The molecule has 0 aliphatic heterocycles. The van der Waals surface area contributed by atoms with E-state index in [0.717, 1.165) is 11.4 Å². The monoisotopic (exact) mass is 168 g/mol. The summed E-state index contributed by atoms with van der Waals surface area (Å²) in [5.41, 5.74) is 7.07. The summed E-state index contributed by atoms with van der Waals surface area (Å²) in [5, 5.41) is 1.16. The summed E-state index contributed by atoms with van der Waals surface area (Å²) in [6.45, 7) is 2.05. The molecular weight excluding hydrogens is 156 g/mol. The molecule has 1 aliphatic carbocycles. The molecule has 0 amide bonds. The molecule has 0 aromatic carbocycles. The Morgan fingerprint density at radius 1 is 1.64 bits per heavy atom. The normalized spacial score (nSPS) is 23.3. The van der Waals surface area contributed by atoms with E-state index in [0.29, 0.717) is 0 Å². The van der Waals surface area contributed by atoms with Crippen LogP contribution in [0.4, 0.5) is 0 Å². The van der Waals surface area contributed by atoms with Gasteiger partial charge in [-0.1, -0.05) is 0 Å². The lowest BCUT2D eigenvalue weighted by Gasteiger charge is -2.15. The maximum atomic E-state index is 5.90. The summed E-state index contributed by atoms with van der Waals surface area (Å²) in [6, 6.07) is 0.212. The third-order valence-electron chi connectivity index (χ3n) is 2.10. The van der Waals surface area contributed by atoms with Crippen LogP contribution >= 0.6 is 11.3 Å². The van der Waals surface area contributed by atoms with Crippen molar-refractivity contribution < 1.29 is 0 Å². The van der Waals surface area contributed by atoms with Crippen molar-refractivity contribution in [3.05, 3.63) is 15.6 Å². The van der Waals surface area contributed by atoms with Crippen LogP contribution in [0.25, 0.3) is 0 Å². The van der Waals surface area contributed by atoms with Crippen molar-refractivity contribution >= 4 is 11.3 Å². The molecular formula is C8H12N2S. The SMILES string of the molecule is Cc1nc2c(s1)CCC[C@H]2N. The number of aryl methyl sites for hydroxylation is 2. The molecule has 2 N–H and O–H groups in total. The van der Waals surface area contributed by atoms with Crippen LogP contribution in [0.15, 0.2) is 0 Å². The number of nitrogens with two attached hydrogens (primary N) is 1. The number of nitrogens with zero attached hydrogens (tertiary/aromatic N) is 1. The second kappa shape index (κ2) is 2.57. The van der Waals surface area contributed by atoms with Gasteiger partial charge in [0, 0.05) is 10.9 Å². The van der Waals surface area contributed by atoms with Crippen LogP contribution in [0, 0.1) is 6.92 Å². The van der Waals surface area contributed by atoms with Crippen LogP contribution in [-0.4, -0.2) is 4.98 Å². The van der Waals surface area contributed by atoms with Gasteiger partial charge in [-0.25, -0.2) is 4.98 Å². The largest absolute Gasteiger partial charge is 0.323 e. The molecule has 1 aromatic heterocycles. The first-order valence-corrected chi connectivity index (χ1v) is 4.81. The lowest BCUT2D eigenvalue weighted by molar-refractivity contribution is 0.563. The highest BCUT2D eigenvalue weighted by Crippen LogP contribution is 2.31. The molecule has 60 valence electrons. The van der Waals surface area contributed by atoms with Gasteiger partial charge >= 0.3 is 0 Å². The molecule has 0 saturated heterocycles. The summed E-state index contributed by atoms with van der Waals surface area (Å²) in [5.74, 6) is 0. The van der Waals surface area contributed by atoms with E-state index in [2.05, 4.69) is 11.9 Å². The Kier molecular flexibility index (Phi) is 1.69. The third-order valence-corrected chi connectivity index (χ3v) is 3.15. The van der Waals surface area contributed by atoms with Gasteiger partial charge in [-0.3, -0.25) is 0 Å². The Bertz CT molecular complexity index is 267. The predicted molar refractivity (Wildman–Crippen MR) is 46.7 cm³/mol. The second-order valence-corrected chi connectivity index (χ2v) is 4.33. The highest BCUT2D eigenvalue weighted by Gasteiger charge is 2.20. The van der Waals surface area contributed by atoms with E-state index in [9.17, 15) is 0 Å². The van der Waals surface area contributed by atoms with Crippen molar-refractivity contribution in [3.63, 3.8) is 0 Å². The molecule has 0 bridgehead atoms. The molecule has 1 aromatic rings. The van der Waals surface area contributed by atoms with Crippen molar-refractivity contribution in [1.29, 1.82) is 0 Å². The highest BCUT2D eigenvalue weighted by atomic mass is 32.1. The van der Waals surface area contributed by atoms with Crippen LogP contribution in [-0.2, 0) is 6.42 Å². The first-order chi connectivity index (χ1) is 5.27. The minimum absolute atomic E-state index is 0.212. The van der Waals surface area contributed by atoms with Crippen molar-refractivity contribution in [2.75, 3.05) is 0 Å². The molecule has 0 unspecified atom stereocenters. The zero-order valence-electron chi connectivity index (χ0n) is 6.63. The van der Waals surface area contributed by atoms with Gasteiger partial charge in [0.1, 0.15) is 0 Å². The zero-order chi connectivity index (χ0) is 7.84. The van der Waals surface area contributed by atoms with Gasteiger partial charge in [-0.2, -0.15) is 0 Å². The Morgan fingerprint density at radius 2 is 2.45 bits per heavy atom. The predicted octanol–water partition coefficient (Wildman–Crippen LogP) is 1.79. The van der Waals surface area contributed by atoms with Crippen LogP contribution in [0.5, 0.6) is 0 Å². The van der Waals surface area contributed by atoms with Crippen LogP contribution < -0.4 is 5.73 Å². The van der Waals surface area contributed by atoms with Crippen molar-refractivity contribution in [3.8, 4) is 0 Å². The number of rotatable bonds is 0. The Morgan fingerprint density at radius 3 is 3.18 bits per heavy atom. The fraction of sp³-hybridized carbons (Fsp3) is 0.625. The third kappa shape index (κ3) is 1.19. The summed E-state index contributed by atoms with van der Waals surface area (Å²) in [7, 11) is 0. The van der Waals surface area contributed by atoms with Gasteiger partial charge in [-0.05, 0) is 26.2 Å². The van der Waals surface area contributed by atoms with Crippen LogP contribution in [0.2, 0.25) is 0 Å². The molecule has 0 fully saturated rings. The number of hydrogen-bond donors (Lipinski definition) is 1. The molecule has 0 saturated carbocycles. The molecule has 1 aliphatic rings. The first kappa shape index (κ1) is 7.25. The summed E-state index contributed by atoms with van der Waals surface area (Å²) in [6.07, 6.45) is 3.53. The lowest BCUT2D eigenvalue weighted by Crippen LogP contribution is -2.16. The van der Waals surface area contributed by atoms with Gasteiger partial charge < -0.3 is 5.73 Å². The van der Waals surface area contributed by atoms with Crippen LogP contribution in [0.1, 0.15) is 34.5 Å². The molecule has 1 atom stereocenters. The van der Waals surface area contributed by atoms with Crippen molar-refractivity contribution in [2.24, 2.45) is 5.73 Å². The van der Waals surface area contributed by atoms with E-state index in [1.807, 2.05) is 0 Å². The molecule has 2 nitrogen and oxygen atoms in total. The molecule has 1 heterocycles. The minimum atomic E-state index is 0.212. The summed E-state index contributed by atoms with van der Waals surface area (Å²) < 4.78 is 0. The van der Waals surface area contributed by atoms with E-state index >= 15 is 0 Å². The number of thiazole rings is 1. The average molecular weight is 168 g/mol. The Labute approximate surface area is 70.5 Å². The number of fused-ring (bicyclic) bond motifs is 1. The quantitative estimate of drug-likeness (QED) is 0.641. The van der Waals surface area contributed by atoms with Gasteiger partial charge in [0.25, 0.3) is 0 Å². The molecule has 0 spiro atoms. The molecule has 11 heavy (non-hydrogen) atoms. The maximum Gasteiger partial charge on any atom is 0.0900 e. The lowest BCUT2D eigenvalue weighted by atomic mass is 9.99. The molecule has 2 rings (SSSR count). The minimum Gasteiger partial charge on any atom is -0.323 e. The maximum absolute atomic E-state index is 5.90. The second-order valence-electron chi connectivity index (χ2n) is 3.04. The molecule has 3 heteroatoms. The van der Waals surface area contributed by atoms with Gasteiger partial charge in [-0.15, -0.1) is 11.3 Å². The summed E-state index contributed by atoms with van der Waals surface area (Å²) >= 11 is 1.80. The van der Waals surface area contributed by atoms with Gasteiger partial charge in [0.2, 0.25) is 0 Å². The zero-order valence-corrected chi connectivity index (χ0v) is 7.45. The van der Waals surface area contributed by atoms with Crippen molar-refractivity contribution in [1.82, 2.24) is 4.98 Å². The first-order valence-electron chi connectivity index (χ1n) is 3.99. The summed E-state index contributed by atoms with van der Waals surface area (Å²) in [4.78, 5) is 5.84.